The van der Waals surface area contributed by atoms with Gasteiger partial charge < -0.3 is 20.1 Å². The summed E-state index contributed by atoms with van der Waals surface area (Å²) in [6, 6.07) is 20.9. The summed E-state index contributed by atoms with van der Waals surface area (Å²) in [6.45, 7) is 2.43. The van der Waals surface area contributed by atoms with Crippen molar-refractivity contribution in [2.45, 2.75) is 20.1 Å². The van der Waals surface area contributed by atoms with Crippen molar-refractivity contribution in [3.05, 3.63) is 82.9 Å². The second kappa shape index (κ2) is 9.85. The van der Waals surface area contributed by atoms with E-state index < -0.39 is 0 Å². The number of hydrogen-bond donors (Lipinski definition) is 2. The maximum Gasteiger partial charge on any atom is 0.221 e. The van der Waals surface area contributed by atoms with E-state index in [1.54, 1.807) is 7.11 Å². The van der Waals surface area contributed by atoms with Gasteiger partial charge in [-0.1, -0.05) is 35.9 Å². The topological polar surface area (TPSA) is 59.6 Å². The maximum atomic E-state index is 11.1. The van der Waals surface area contributed by atoms with Gasteiger partial charge >= 0.3 is 0 Å². The number of amides is 1. The molecule has 6 heteroatoms. The molecule has 2 N–H and O–H groups in total. The molecule has 0 atom stereocenters. The number of carbonyl (C=O) groups is 1. The molecule has 150 valence electrons. The monoisotopic (exact) mass is 410 g/mol. The molecular formula is C23H23ClN2O3. The second-order valence-electron chi connectivity index (χ2n) is 6.48. The molecule has 0 aliphatic rings. The molecule has 0 heterocycles. The van der Waals surface area contributed by atoms with E-state index in [1.165, 1.54) is 6.92 Å². The molecule has 29 heavy (non-hydrogen) atoms. The Morgan fingerprint density at radius 3 is 2.41 bits per heavy atom. The summed E-state index contributed by atoms with van der Waals surface area (Å²) in [5.74, 6) is 1.27. The Hall–Kier alpha value is -3.18. The number of rotatable bonds is 8. The van der Waals surface area contributed by atoms with Gasteiger partial charge in [-0.3, -0.25) is 4.79 Å². The first-order chi connectivity index (χ1) is 14.0. The molecule has 0 unspecified atom stereocenters. The smallest absolute Gasteiger partial charge is 0.221 e. The van der Waals surface area contributed by atoms with Crippen LogP contribution < -0.4 is 20.1 Å². The molecule has 0 aliphatic carbocycles. The molecule has 0 saturated carbocycles. The van der Waals surface area contributed by atoms with E-state index in [-0.39, 0.29) is 5.91 Å². The quantitative estimate of drug-likeness (QED) is 0.515. The number of methoxy groups -OCH3 is 1. The zero-order valence-corrected chi connectivity index (χ0v) is 17.1. The Balaban J connectivity index is 1.71. The molecule has 0 spiro atoms. The lowest BCUT2D eigenvalue weighted by Crippen LogP contribution is -2.06. The van der Waals surface area contributed by atoms with E-state index in [4.69, 9.17) is 21.1 Å². The van der Waals surface area contributed by atoms with Gasteiger partial charge in [0.05, 0.1) is 7.11 Å². The van der Waals surface area contributed by atoms with Gasteiger partial charge in [-0.2, -0.15) is 0 Å². The van der Waals surface area contributed by atoms with E-state index in [0.717, 1.165) is 22.5 Å². The van der Waals surface area contributed by atoms with Crippen LogP contribution in [-0.4, -0.2) is 13.0 Å². The lowest BCUT2D eigenvalue weighted by molar-refractivity contribution is -0.114. The molecule has 0 radical (unpaired) electrons. The fraction of sp³-hybridized carbons (Fsp3) is 0.174. The van der Waals surface area contributed by atoms with Crippen molar-refractivity contribution in [3.8, 4) is 11.5 Å². The first-order valence-corrected chi connectivity index (χ1v) is 9.57. The minimum atomic E-state index is -0.0939. The van der Waals surface area contributed by atoms with Crippen LogP contribution in [0, 0.1) is 0 Å². The standard InChI is InChI=1S/C23H23ClN2O3/c1-16(27)26-21-11-9-20(10-12-21)25-14-18-6-4-8-22(28-2)23(18)29-15-17-5-3-7-19(24)13-17/h3-13,25H,14-15H2,1-2H3,(H,26,27). The van der Waals surface area contributed by atoms with Gasteiger partial charge in [-0.05, 0) is 48.0 Å². The van der Waals surface area contributed by atoms with E-state index in [2.05, 4.69) is 10.6 Å². The lowest BCUT2D eigenvalue weighted by Gasteiger charge is -2.16. The SMILES string of the molecule is COc1cccc(CNc2ccc(NC(C)=O)cc2)c1OCc1cccc(Cl)c1. The molecule has 3 aromatic rings. The minimum absolute atomic E-state index is 0.0939. The average molecular weight is 411 g/mol. The van der Waals surface area contributed by atoms with Crippen LogP contribution in [0.25, 0.3) is 0 Å². The van der Waals surface area contributed by atoms with E-state index in [9.17, 15) is 4.79 Å². The fourth-order valence-electron chi connectivity index (χ4n) is 2.88. The molecule has 0 aliphatic heterocycles. The Morgan fingerprint density at radius 1 is 1.00 bits per heavy atom. The summed E-state index contributed by atoms with van der Waals surface area (Å²) < 4.78 is 11.6. The normalized spacial score (nSPS) is 10.3. The van der Waals surface area contributed by atoms with Crippen LogP contribution >= 0.6 is 11.6 Å². The second-order valence-corrected chi connectivity index (χ2v) is 6.92. The van der Waals surface area contributed by atoms with Gasteiger partial charge in [-0.15, -0.1) is 0 Å². The number of carbonyl (C=O) groups excluding carboxylic acids is 1. The highest BCUT2D eigenvalue weighted by Crippen LogP contribution is 2.32. The summed E-state index contributed by atoms with van der Waals surface area (Å²) in [6.07, 6.45) is 0. The van der Waals surface area contributed by atoms with Crippen molar-refractivity contribution >= 4 is 28.9 Å². The first kappa shape index (κ1) is 20.6. The Kier molecular flexibility index (Phi) is 6.98. The maximum absolute atomic E-state index is 11.1. The van der Waals surface area contributed by atoms with Crippen molar-refractivity contribution in [3.63, 3.8) is 0 Å². The number of ether oxygens (including phenoxy) is 2. The zero-order chi connectivity index (χ0) is 20.6. The third-order valence-electron chi connectivity index (χ3n) is 4.24. The van der Waals surface area contributed by atoms with Gasteiger partial charge in [0.15, 0.2) is 11.5 Å². The molecule has 3 rings (SSSR count). The predicted octanol–water partition coefficient (Wildman–Crippen LogP) is 5.50. The summed E-state index contributed by atoms with van der Waals surface area (Å²) in [7, 11) is 1.62. The van der Waals surface area contributed by atoms with E-state index in [0.29, 0.717) is 29.7 Å². The molecule has 1 amide bonds. The van der Waals surface area contributed by atoms with Gasteiger partial charge in [0, 0.05) is 35.4 Å². The number of nitrogens with one attached hydrogen (secondary N) is 2. The zero-order valence-electron chi connectivity index (χ0n) is 16.4. The molecule has 3 aromatic carbocycles. The predicted molar refractivity (Wildman–Crippen MR) is 117 cm³/mol. The average Bonchev–Trinajstić information content (AvgIpc) is 2.71. The summed E-state index contributed by atoms with van der Waals surface area (Å²) in [4.78, 5) is 11.1. The number of hydrogen-bond acceptors (Lipinski definition) is 4. The van der Waals surface area contributed by atoms with Crippen LogP contribution in [0.15, 0.2) is 66.7 Å². The number of benzene rings is 3. The molecular weight excluding hydrogens is 388 g/mol. The van der Waals surface area contributed by atoms with Crippen LogP contribution in [0.4, 0.5) is 11.4 Å². The fourth-order valence-corrected chi connectivity index (χ4v) is 3.09. The van der Waals surface area contributed by atoms with Gasteiger partial charge in [0.25, 0.3) is 0 Å². The Morgan fingerprint density at radius 2 is 1.72 bits per heavy atom. The molecule has 0 bridgehead atoms. The van der Waals surface area contributed by atoms with Crippen LogP contribution in [0.2, 0.25) is 5.02 Å². The summed E-state index contributed by atoms with van der Waals surface area (Å²) in [5, 5.41) is 6.80. The third-order valence-corrected chi connectivity index (χ3v) is 4.48. The van der Waals surface area contributed by atoms with Crippen molar-refractivity contribution in [1.29, 1.82) is 0 Å². The molecule has 0 saturated heterocycles. The number of para-hydroxylation sites is 1. The minimum Gasteiger partial charge on any atom is -0.493 e. The molecule has 0 aromatic heterocycles. The lowest BCUT2D eigenvalue weighted by atomic mass is 10.1. The summed E-state index contributed by atoms with van der Waals surface area (Å²) >= 11 is 6.06. The van der Waals surface area contributed by atoms with Crippen LogP contribution in [-0.2, 0) is 17.9 Å². The summed E-state index contributed by atoms with van der Waals surface area (Å²) in [5.41, 5.74) is 3.64. The highest BCUT2D eigenvalue weighted by Gasteiger charge is 2.11. The third kappa shape index (κ3) is 5.90. The Bertz CT molecular complexity index is 974. The van der Waals surface area contributed by atoms with Gasteiger partial charge in [-0.25, -0.2) is 0 Å². The first-order valence-electron chi connectivity index (χ1n) is 9.20. The van der Waals surface area contributed by atoms with Crippen molar-refractivity contribution < 1.29 is 14.3 Å². The van der Waals surface area contributed by atoms with Gasteiger partial charge in [0.2, 0.25) is 5.91 Å². The Labute approximate surface area is 175 Å². The van der Waals surface area contributed by atoms with Crippen LogP contribution in [0.1, 0.15) is 18.1 Å². The van der Waals surface area contributed by atoms with Crippen LogP contribution in [0.3, 0.4) is 0 Å². The largest absolute Gasteiger partial charge is 0.493 e. The van der Waals surface area contributed by atoms with Gasteiger partial charge in [0.1, 0.15) is 6.61 Å². The highest BCUT2D eigenvalue weighted by molar-refractivity contribution is 6.30. The highest BCUT2D eigenvalue weighted by atomic mass is 35.5. The van der Waals surface area contributed by atoms with Crippen molar-refractivity contribution in [1.82, 2.24) is 0 Å². The van der Waals surface area contributed by atoms with Crippen molar-refractivity contribution in [2.75, 3.05) is 17.7 Å². The number of halogens is 1. The van der Waals surface area contributed by atoms with Crippen LogP contribution in [0.5, 0.6) is 11.5 Å². The van der Waals surface area contributed by atoms with Crippen molar-refractivity contribution in [2.24, 2.45) is 0 Å². The molecule has 5 nitrogen and oxygen atoms in total. The van der Waals surface area contributed by atoms with E-state index >= 15 is 0 Å². The van der Waals surface area contributed by atoms with E-state index in [1.807, 2.05) is 66.7 Å². The number of anilines is 2. The molecule has 0 fully saturated rings.